The van der Waals surface area contributed by atoms with E-state index in [2.05, 4.69) is 37.9 Å². The number of nitrogens with zero attached hydrogens (tertiary/aromatic N) is 1. The van der Waals surface area contributed by atoms with E-state index in [9.17, 15) is 0 Å². The fourth-order valence-electron chi connectivity index (χ4n) is 3.58. The van der Waals surface area contributed by atoms with Crippen molar-refractivity contribution in [3.8, 4) is 0 Å². The van der Waals surface area contributed by atoms with Gasteiger partial charge in [-0.2, -0.15) is 0 Å². The summed E-state index contributed by atoms with van der Waals surface area (Å²) in [5, 5.41) is 3.84. The molecule has 2 rings (SSSR count). The molecule has 118 valence electrons. The number of piperidine rings is 1. The van der Waals surface area contributed by atoms with Crippen LogP contribution in [0.3, 0.4) is 0 Å². The first kappa shape index (κ1) is 16.3. The highest BCUT2D eigenvalue weighted by molar-refractivity contribution is 4.88. The maximum absolute atomic E-state index is 3.84. The highest BCUT2D eigenvalue weighted by Gasteiger charge is 2.33. The van der Waals surface area contributed by atoms with E-state index in [1.807, 2.05) is 0 Å². The zero-order chi connectivity index (χ0) is 14.5. The van der Waals surface area contributed by atoms with E-state index >= 15 is 0 Å². The maximum atomic E-state index is 3.84. The monoisotopic (exact) mass is 280 g/mol. The van der Waals surface area contributed by atoms with Crippen LogP contribution in [0.4, 0.5) is 0 Å². The van der Waals surface area contributed by atoms with Crippen molar-refractivity contribution in [3.63, 3.8) is 0 Å². The molecule has 2 nitrogen and oxygen atoms in total. The molecule has 1 saturated carbocycles. The maximum Gasteiger partial charge on any atom is 0.0198 e. The summed E-state index contributed by atoms with van der Waals surface area (Å²) in [5.41, 5.74) is 0. The number of hydrogen-bond donors (Lipinski definition) is 1. The molecule has 0 bridgehead atoms. The molecule has 1 aliphatic heterocycles. The van der Waals surface area contributed by atoms with Gasteiger partial charge in [0.2, 0.25) is 0 Å². The van der Waals surface area contributed by atoms with Crippen molar-refractivity contribution in [1.29, 1.82) is 0 Å². The smallest absolute Gasteiger partial charge is 0.0198 e. The fraction of sp³-hybridized carbons (Fsp3) is 1.00. The Morgan fingerprint density at radius 3 is 2.45 bits per heavy atom. The van der Waals surface area contributed by atoms with Crippen molar-refractivity contribution in [2.45, 2.75) is 78.3 Å². The van der Waals surface area contributed by atoms with Crippen LogP contribution in [-0.4, -0.2) is 36.6 Å². The standard InChI is InChI=1S/C18H36N2/c1-5-15(4)20-12-17(10-16-6-7-16)11-18(13-20)19-9-8-14(2)3/h14-19H,5-13H2,1-4H3. The minimum atomic E-state index is 0.736. The summed E-state index contributed by atoms with van der Waals surface area (Å²) in [7, 11) is 0. The van der Waals surface area contributed by atoms with Crippen molar-refractivity contribution >= 4 is 0 Å². The summed E-state index contributed by atoms with van der Waals surface area (Å²) in [5.74, 6) is 2.84. The van der Waals surface area contributed by atoms with Gasteiger partial charge >= 0.3 is 0 Å². The largest absolute Gasteiger partial charge is 0.313 e. The topological polar surface area (TPSA) is 15.3 Å². The van der Waals surface area contributed by atoms with Crippen LogP contribution in [0.5, 0.6) is 0 Å². The molecule has 0 radical (unpaired) electrons. The molecule has 3 unspecified atom stereocenters. The molecule has 1 saturated heterocycles. The van der Waals surface area contributed by atoms with Crippen molar-refractivity contribution in [2.75, 3.05) is 19.6 Å². The van der Waals surface area contributed by atoms with Crippen molar-refractivity contribution in [2.24, 2.45) is 17.8 Å². The fourth-order valence-corrected chi connectivity index (χ4v) is 3.58. The van der Waals surface area contributed by atoms with Gasteiger partial charge in [0.15, 0.2) is 0 Å². The van der Waals surface area contributed by atoms with Gasteiger partial charge in [-0.05, 0) is 56.9 Å². The third kappa shape index (κ3) is 5.37. The molecule has 1 heterocycles. The zero-order valence-corrected chi connectivity index (χ0v) is 14.2. The van der Waals surface area contributed by atoms with Crippen LogP contribution in [0, 0.1) is 17.8 Å². The minimum Gasteiger partial charge on any atom is -0.313 e. The number of nitrogens with one attached hydrogen (secondary N) is 1. The average molecular weight is 280 g/mol. The van der Waals surface area contributed by atoms with Gasteiger partial charge in [-0.3, -0.25) is 4.90 Å². The Labute approximate surface area is 126 Å². The number of hydrogen-bond acceptors (Lipinski definition) is 2. The second kappa shape index (κ2) is 7.79. The van der Waals surface area contributed by atoms with Crippen LogP contribution in [0.1, 0.15) is 66.2 Å². The van der Waals surface area contributed by atoms with Gasteiger partial charge in [0.25, 0.3) is 0 Å². The Kier molecular flexibility index (Phi) is 6.35. The predicted molar refractivity (Wildman–Crippen MR) is 88.0 cm³/mol. The van der Waals surface area contributed by atoms with Crippen LogP contribution in [0.15, 0.2) is 0 Å². The molecule has 1 N–H and O–H groups in total. The number of likely N-dealkylation sites (tertiary alicyclic amines) is 1. The molecule has 20 heavy (non-hydrogen) atoms. The molecule has 2 aliphatic rings. The van der Waals surface area contributed by atoms with Gasteiger partial charge < -0.3 is 5.32 Å². The lowest BCUT2D eigenvalue weighted by molar-refractivity contribution is 0.0957. The molecule has 0 aromatic heterocycles. The van der Waals surface area contributed by atoms with Crippen LogP contribution >= 0.6 is 0 Å². The lowest BCUT2D eigenvalue weighted by Gasteiger charge is -2.41. The second-order valence-corrected chi connectivity index (χ2v) is 7.83. The molecule has 0 amide bonds. The van der Waals surface area contributed by atoms with Crippen LogP contribution in [0.25, 0.3) is 0 Å². The normalized spacial score (nSPS) is 29.9. The van der Waals surface area contributed by atoms with E-state index in [0.29, 0.717) is 0 Å². The molecular formula is C18H36N2. The Morgan fingerprint density at radius 2 is 1.85 bits per heavy atom. The van der Waals surface area contributed by atoms with E-state index in [4.69, 9.17) is 0 Å². The molecular weight excluding hydrogens is 244 g/mol. The molecule has 0 spiro atoms. The third-order valence-corrected chi connectivity index (χ3v) is 5.30. The first-order valence-electron chi connectivity index (χ1n) is 9.05. The quantitative estimate of drug-likeness (QED) is 0.725. The first-order chi connectivity index (χ1) is 9.58. The van der Waals surface area contributed by atoms with Gasteiger partial charge in [0.1, 0.15) is 0 Å². The molecule has 0 aromatic rings. The predicted octanol–water partition coefficient (Wildman–Crippen LogP) is 3.91. The average Bonchev–Trinajstić information content (AvgIpc) is 3.21. The van der Waals surface area contributed by atoms with Crippen LogP contribution in [0.2, 0.25) is 0 Å². The molecule has 2 heteroatoms. The van der Waals surface area contributed by atoms with Gasteiger partial charge in [-0.25, -0.2) is 0 Å². The van der Waals surface area contributed by atoms with Gasteiger partial charge in [-0.15, -0.1) is 0 Å². The summed E-state index contributed by atoms with van der Waals surface area (Å²) < 4.78 is 0. The summed E-state index contributed by atoms with van der Waals surface area (Å²) in [6.45, 7) is 13.2. The summed E-state index contributed by atoms with van der Waals surface area (Å²) in [4.78, 5) is 2.75. The lowest BCUT2D eigenvalue weighted by atomic mass is 9.88. The van der Waals surface area contributed by atoms with Crippen molar-refractivity contribution in [1.82, 2.24) is 10.2 Å². The Bertz CT molecular complexity index is 273. The van der Waals surface area contributed by atoms with Gasteiger partial charge in [-0.1, -0.05) is 33.6 Å². The number of rotatable bonds is 8. The summed E-state index contributed by atoms with van der Waals surface area (Å²) >= 11 is 0. The van der Waals surface area contributed by atoms with Crippen molar-refractivity contribution < 1.29 is 0 Å². The zero-order valence-electron chi connectivity index (χ0n) is 14.2. The summed E-state index contributed by atoms with van der Waals surface area (Å²) in [6.07, 6.45) is 8.52. The van der Waals surface area contributed by atoms with E-state index in [-0.39, 0.29) is 0 Å². The second-order valence-electron chi connectivity index (χ2n) is 7.83. The molecule has 0 aromatic carbocycles. The van der Waals surface area contributed by atoms with E-state index in [1.165, 1.54) is 58.2 Å². The lowest BCUT2D eigenvalue weighted by Crippen LogP contribution is -2.52. The van der Waals surface area contributed by atoms with E-state index in [0.717, 1.165) is 29.8 Å². The van der Waals surface area contributed by atoms with E-state index in [1.54, 1.807) is 0 Å². The summed E-state index contributed by atoms with van der Waals surface area (Å²) in [6, 6.07) is 1.49. The van der Waals surface area contributed by atoms with Crippen LogP contribution in [-0.2, 0) is 0 Å². The Hall–Kier alpha value is -0.0800. The Morgan fingerprint density at radius 1 is 1.10 bits per heavy atom. The van der Waals surface area contributed by atoms with Crippen LogP contribution < -0.4 is 5.32 Å². The van der Waals surface area contributed by atoms with E-state index < -0.39 is 0 Å². The minimum absolute atomic E-state index is 0.736. The molecule has 3 atom stereocenters. The highest BCUT2D eigenvalue weighted by Crippen LogP contribution is 2.38. The SMILES string of the molecule is CCC(C)N1CC(CC2CC2)CC(NCCC(C)C)C1. The third-order valence-electron chi connectivity index (χ3n) is 5.30. The van der Waals surface area contributed by atoms with Gasteiger partial charge in [0.05, 0.1) is 0 Å². The first-order valence-corrected chi connectivity index (χ1v) is 9.05. The van der Waals surface area contributed by atoms with Gasteiger partial charge in [0, 0.05) is 25.2 Å². The Balaban J connectivity index is 1.81. The molecule has 2 fully saturated rings. The highest BCUT2D eigenvalue weighted by atomic mass is 15.2. The molecule has 1 aliphatic carbocycles. The van der Waals surface area contributed by atoms with Crippen molar-refractivity contribution in [3.05, 3.63) is 0 Å².